The highest BCUT2D eigenvalue weighted by atomic mass is 16.6. The SMILES string of the molecule is CC(C)(C)OC(=O)N[C@@H](Cc1ccccc1)[C@@H]1C[C@@H](Cc2ccccc2C#N)C(=O)O1. The van der Waals surface area contributed by atoms with Crippen molar-refractivity contribution in [2.75, 3.05) is 0 Å². The van der Waals surface area contributed by atoms with Crippen molar-refractivity contribution < 1.29 is 19.1 Å². The Kier molecular flexibility index (Phi) is 6.96. The highest BCUT2D eigenvalue weighted by molar-refractivity contribution is 5.75. The largest absolute Gasteiger partial charge is 0.460 e. The van der Waals surface area contributed by atoms with E-state index in [9.17, 15) is 14.9 Å². The minimum Gasteiger partial charge on any atom is -0.460 e. The number of cyclic esters (lactones) is 1. The number of carbonyl (C=O) groups excluding carboxylic acids is 2. The van der Waals surface area contributed by atoms with Gasteiger partial charge in [0.1, 0.15) is 11.7 Å². The minimum atomic E-state index is -0.628. The number of amides is 1. The summed E-state index contributed by atoms with van der Waals surface area (Å²) in [6.45, 7) is 5.41. The maximum absolute atomic E-state index is 12.6. The Morgan fingerprint density at radius 3 is 2.55 bits per heavy atom. The third-order valence-electron chi connectivity index (χ3n) is 5.17. The van der Waals surface area contributed by atoms with Gasteiger partial charge in [0.05, 0.1) is 23.6 Å². The van der Waals surface area contributed by atoms with Gasteiger partial charge in [-0.2, -0.15) is 5.26 Å². The first-order chi connectivity index (χ1) is 14.7. The molecule has 0 bridgehead atoms. The fourth-order valence-corrected chi connectivity index (χ4v) is 3.76. The van der Waals surface area contributed by atoms with Crippen molar-refractivity contribution in [3.05, 3.63) is 71.3 Å². The molecular formula is C25H28N2O4. The Hall–Kier alpha value is -3.33. The molecule has 3 rings (SSSR count). The zero-order chi connectivity index (χ0) is 22.4. The van der Waals surface area contributed by atoms with E-state index in [1.807, 2.05) is 42.5 Å². The maximum Gasteiger partial charge on any atom is 0.408 e. The average molecular weight is 421 g/mol. The summed E-state index contributed by atoms with van der Waals surface area (Å²) in [6, 6.07) is 18.8. The fourth-order valence-electron chi connectivity index (χ4n) is 3.76. The quantitative estimate of drug-likeness (QED) is 0.709. The van der Waals surface area contributed by atoms with E-state index in [1.165, 1.54) is 0 Å². The lowest BCUT2D eigenvalue weighted by Crippen LogP contribution is -2.46. The van der Waals surface area contributed by atoms with Crippen LogP contribution in [-0.2, 0) is 27.1 Å². The highest BCUT2D eigenvalue weighted by Gasteiger charge is 2.40. The molecule has 1 heterocycles. The van der Waals surface area contributed by atoms with Gasteiger partial charge < -0.3 is 14.8 Å². The number of hydrogen-bond acceptors (Lipinski definition) is 5. The van der Waals surface area contributed by atoms with Gasteiger partial charge in [-0.15, -0.1) is 0 Å². The summed E-state index contributed by atoms with van der Waals surface area (Å²) >= 11 is 0. The second-order valence-corrected chi connectivity index (χ2v) is 8.82. The molecule has 2 aromatic rings. The zero-order valence-corrected chi connectivity index (χ0v) is 18.1. The zero-order valence-electron chi connectivity index (χ0n) is 18.1. The van der Waals surface area contributed by atoms with Crippen molar-refractivity contribution in [1.29, 1.82) is 5.26 Å². The highest BCUT2D eigenvalue weighted by Crippen LogP contribution is 2.29. The molecule has 1 aliphatic heterocycles. The van der Waals surface area contributed by atoms with Crippen molar-refractivity contribution in [3.63, 3.8) is 0 Å². The van der Waals surface area contributed by atoms with Gasteiger partial charge in [-0.3, -0.25) is 4.79 Å². The van der Waals surface area contributed by atoms with E-state index in [0.29, 0.717) is 24.8 Å². The molecule has 1 aliphatic rings. The summed E-state index contributed by atoms with van der Waals surface area (Å²) in [5.74, 6) is -0.667. The number of alkyl carbamates (subject to hydrolysis) is 1. The van der Waals surface area contributed by atoms with E-state index in [-0.39, 0.29) is 11.9 Å². The standard InChI is InChI=1S/C25H28N2O4/c1-25(2,3)31-24(29)27-21(13-17-9-5-4-6-10-17)22-15-20(23(28)30-22)14-18-11-7-8-12-19(18)16-26/h4-12,20-22H,13-15H2,1-3H3,(H,27,29)/t20-,21+,22+/m1/s1. The van der Waals surface area contributed by atoms with Crippen LogP contribution < -0.4 is 5.32 Å². The number of nitrogens with one attached hydrogen (secondary N) is 1. The van der Waals surface area contributed by atoms with Crippen LogP contribution in [0.2, 0.25) is 0 Å². The fraction of sp³-hybridized carbons (Fsp3) is 0.400. The Balaban J connectivity index is 1.74. The van der Waals surface area contributed by atoms with Crippen LogP contribution in [0.5, 0.6) is 0 Å². The number of ether oxygens (including phenoxy) is 2. The first kappa shape index (κ1) is 22.4. The predicted molar refractivity (Wildman–Crippen MR) is 116 cm³/mol. The van der Waals surface area contributed by atoms with E-state index in [0.717, 1.165) is 11.1 Å². The molecule has 3 atom stereocenters. The van der Waals surface area contributed by atoms with Crippen LogP contribution in [0.1, 0.15) is 43.9 Å². The molecule has 6 heteroatoms. The molecule has 1 fully saturated rings. The number of nitrogens with zero attached hydrogens (tertiary/aromatic N) is 1. The van der Waals surface area contributed by atoms with Crippen LogP contribution in [-0.4, -0.2) is 29.8 Å². The monoisotopic (exact) mass is 420 g/mol. The number of nitriles is 1. The van der Waals surface area contributed by atoms with E-state index < -0.39 is 23.8 Å². The van der Waals surface area contributed by atoms with E-state index >= 15 is 0 Å². The summed E-state index contributed by atoms with van der Waals surface area (Å²) in [6.07, 6.45) is 0.400. The average Bonchev–Trinajstić information content (AvgIpc) is 3.07. The van der Waals surface area contributed by atoms with Crippen LogP contribution in [0.25, 0.3) is 0 Å². The van der Waals surface area contributed by atoms with Gasteiger partial charge in [0.15, 0.2) is 0 Å². The first-order valence-electron chi connectivity index (χ1n) is 10.5. The Labute approximate surface area is 183 Å². The van der Waals surface area contributed by atoms with Crippen molar-refractivity contribution in [2.45, 2.75) is 57.8 Å². The molecule has 162 valence electrons. The Morgan fingerprint density at radius 2 is 1.87 bits per heavy atom. The lowest BCUT2D eigenvalue weighted by atomic mass is 9.90. The molecule has 0 saturated carbocycles. The van der Waals surface area contributed by atoms with Crippen LogP contribution in [0.15, 0.2) is 54.6 Å². The molecule has 0 aliphatic carbocycles. The third kappa shape index (κ3) is 6.32. The van der Waals surface area contributed by atoms with Gasteiger partial charge in [-0.25, -0.2) is 4.79 Å². The third-order valence-corrected chi connectivity index (χ3v) is 5.17. The van der Waals surface area contributed by atoms with Crippen LogP contribution >= 0.6 is 0 Å². The van der Waals surface area contributed by atoms with Gasteiger partial charge in [0.2, 0.25) is 0 Å². The Bertz CT molecular complexity index is 959. The number of rotatable bonds is 6. The summed E-state index contributed by atoms with van der Waals surface area (Å²) in [7, 11) is 0. The summed E-state index contributed by atoms with van der Waals surface area (Å²) < 4.78 is 11.1. The second kappa shape index (κ2) is 9.65. The lowest BCUT2D eigenvalue weighted by Gasteiger charge is -2.26. The number of carbonyl (C=O) groups is 2. The van der Waals surface area contributed by atoms with E-state index in [1.54, 1.807) is 32.9 Å². The first-order valence-corrected chi connectivity index (χ1v) is 10.5. The van der Waals surface area contributed by atoms with Crippen LogP contribution in [0.3, 0.4) is 0 Å². The van der Waals surface area contributed by atoms with Crippen LogP contribution in [0, 0.1) is 17.2 Å². The number of hydrogen-bond donors (Lipinski definition) is 1. The predicted octanol–water partition coefficient (Wildman–Crippen LogP) is 4.17. The van der Waals surface area contributed by atoms with E-state index in [2.05, 4.69) is 11.4 Å². The van der Waals surface area contributed by atoms with Gasteiger partial charge in [0.25, 0.3) is 0 Å². The van der Waals surface area contributed by atoms with Gasteiger partial charge in [-0.05, 0) is 50.8 Å². The Morgan fingerprint density at radius 1 is 1.19 bits per heavy atom. The number of benzene rings is 2. The number of esters is 1. The molecule has 31 heavy (non-hydrogen) atoms. The molecule has 1 N–H and O–H groups in total. The van der Waals surface area contributed by atoms with Gasteiger partial charge in [-0.1, -0.05) is 48.5 Å². The van der Waals surface area contributed by atoms with E-state index in [4.69, 9.17) is 9.47 Å². The van der Waals surface area contributed by atoms with Gasteiger partial charge >= 0.3 is 12.1 Å². The van der Waals surface area contributed by atoms with Crippen molar-refractivity contribution in [3.8, 4) is 6.07 Å². The summed E-state index contributed by atoms with van der Waals surface area (Å²) in [4.78, 5) is 25.1. The maximum atomic E-state index is 12.6. The summed E-state index contributed by atoms with van der Waals surface area (Å²) in [5.41, 5.74) is 1.79. The molecule has 0 spiro atoms. The van der Waals surface area contributed by atoms with Crippen molar-refractivity contribution in [2.24, 2.45) is 5.92 Å². The molecule has 0 aromatic heterocycles. The van der Waals surface area contributed by atoms with Crippen molar-refractivity contribution in [1.82, 2.24) is 5.32 Å². The molecule has 6 nitrogen and oxygen atoms in total. The molecule has 1 amide bonds. The second-order valence-electron chi connectivity index (χ2n) is 8.82. The molecule has 1 saturated heterocycles. The van der Waals surface area contributed by atoms with Gasteiger partial charge in [0, 0.05) is 6.42 Å². The topological polar surface area (TPSA) is 88.4 Å². The van der Waals surface area contributed by atoms with Crippen LogP contribution in [0.4, 0.5) is 4.79 Å². The molecule has 0 radical (unpaired) electrons. The molecular weight excluding hydrogens is 392 g/mol. The smallest absolute Gasteiger partial charge is 0.408 e. The minimum absolute atomic E-state index is 0.304. The molecule has 0 unspecified atom stereocenters. The van der Waals surface area contributed by atoms with Crippen molar-refractivity contribution >= 4 is 12.1 Å². The molecule has 2 aromatic carbocycles. The summed E-state index contributed by atoms with van der Waals surface area (Å²) in [5, 5.41) is 12.2. The normalized spacial score (nSPS) is 19.2. The lowest BCUT2D eigenvalue weighted by molar-refractivity contribution is -0.145.